The van der Waals surface area contributed by atoms with E-state index in [1.807, 2.05) is 6.92 Å². The van der Waals surface area contributed by atoms with Crippen molar-refractivity contribution in [2.24, 2.45) is 11.8 Å². The van der Waals surface area contributed by atoms with Gasteiger partial charge >= 0.3 is 0 Å². The SMILES string of the molecule is C/C(=C\C=C(/S)Cc1cc([C@H](C)[C@H](C)[C@@H](O)[C@H](C)[C@H](O)CO)ccc1C)c1ccc(C)cc1. The Bertz CT molecular complexity index is 961. The molecule has 3 N–H and O–H groups in total. The molecule has 0 unspecified atom stereocenters. The van der Waals surface area contributed by atoms with Gasteiger partial charge in [0.2, 0.25) is 0 Å². The summed E-state index contributed by atoms with van der Waals surface area (Å²) >= 11 is 4.74. The van der Waals surface area contributed by atoms with Crippen molar-refractivity contribution in [2.45, 2.75) is 66.1 Å². The average molecular weight is 469 g/mol. The Labute approximate surface area is 205 Å². The minimum absolute atomic E-state index is 0.0668. The molecule has 0 aliphatic heterocycles. The lowest BCUT2D eigenvalue weighted by Crippen LogP contribution is -2.37. The molecule has 0 spiro atoms. The van der Waals surface area contributed by atoms with Gasteiger partial charge in [-0.1, -0.05) is 81.0 Å². The predicted molar refractivity (Wildman–Crippen MR) is 143 cm³/mol. The van der Waals surface area contributed by atoms with Crippen molar-refractivity contribution in [3.63, 3.8) is 0 Å². The summed E-state index contributed by atoms with van der Waals surface area (Å²) in [4.78, 5) is 0.988. The summed E-state index contributed by atoms with van der Waals surface area (Å²) in [6, 6.07) is 15.0. The highest BCUT2D eigenvalue weighted by atomic mass is 32.1. The zero-order valence-corrected chi connectivity index (χ0v) is 21.7. The van der Waals surface area contributed by atoms with Crippen LogP contribution in [0.4, 0.5) is 0 Å². The third kappa shape index (κ3) is 7.58. The van der Waals surface area contributed by atoms with Gasteiger partial charge in [-0.3, -0.25) is 0 Å². The molecule has 33 heavy (non-hydrogen) atoms. The summed E-state index contributed by atoms with van der Waals surface area (Å²) in [5.41, 5.74) is 7.23. The number of thiol groups is 1. The Kier molecular flexibility index (Phi) is 10.4. The van der Waals surface area contributed by atoms with Crippen molar-refractivity contribution >= 4 is 18.2 Å². The maximum Gasteiger partial charge on any atom is 0.0821 e. The first-order chi connectivity index (χ1) is 15.5. The number of allylic oxidation sites excluding steroid dienone is 4. The molecular weight excluding hydrogens is 428 g/mol. The second-order valence-corrected chi connectivity index (χ2v) is 10.1. The van der Waals surface area contributed by atoms with Crippen LogP contribution in [0.3, 0.4) is 0 Å². The first-order valence-electron chi connectivity index (χ1n) is 11.7. The third-order valence-electron chi connectivity index (χ3n) is 6.96. The molecule has 4 heteroatoms. The summed E-state index contributed by atoms with van der Waals surface area (Å²) in [6.45, 7) is 11.8. The molecule has 2 rings (SSSR count). The van der Waals surface area contributed by atoms with Gasteiger partial charge in [0.15, 0.2) is 0 Å². The maximum absolute atomic E-state index is 10.7. The minimum Gasteiger partial charge on any atom is -0.394 e. The average Bonchev–Trinajstić information content (AvgIpc) is 2.81. The number of hydrogen-bond acceptors (Lipinski definition) is 4. The smallest absolute Gasteiger partial charge is 0.0821 e. The largest absolute Gasteiger partial charge is 0.394 e. The van der Waals surface area contributed by atoms with Gasteiger partial charge in [0, 0.05) is 12.3 Å². The number of benzene rings is 2. The van der Waals surface area contributed by atoms with Crippen LogP contribution in [0.2, 0.25) is 0 Å². The number of aliphatic hydroxyl groups is 3. The fraction of sp³-hybridized carbons (Fsp3) is 0.448. The van der Waals surface area contributed by atoms with Gasteiger partial charge in [-0.2, -0.15) is 0 Å². The van der Waals surface area contributed by atoms with Gasteiger partial charge in [-0.15, -0.1) is 12.6 Å². The van der Waals surface area contributed by atoms with Crippen LogP contribution in [-0.2, 0) is 6.42 Å². The number of rotatable bonds is 10. The van der Waals surface area contributed by atoms with Crippen LogP contribution in [0.1, 0.15) is 61.4 Å². The van der Waals surface area contributed by atoms with Crippen LogP contribution in [0.25, 0.3) is 5.57 Å². The summed E-state index contributed by atoms with van der Waals surface area (Å²) in [7, 11) is 0. The minimum atomic E-state index is -0.920. The molecule has 0 heterocycles. The van der Waals surface area contributed by atoms with Crippen molar-refractivity contribution in [1.82, 2.24) is 0 Å². The van der Waals surface area contributed by atoms with Gasteiger partial charge in [0.25, 0.3) is 0 Å². The Morgan fingerprint density at radius 3 is 2.18 bits per heavy atom. The predicted octanol–water partition coefficient (Wildman–Crippen LogP) is 5.85. The van der Waals surface area contributed by atoms with Crippen molar-refractivity contribution < 1.29 is 15.3 Å². The van der Waals surface area contributed by atoms with Gasteiger partial charge < -0.3 is 15.3 Å². The first kappa shape index (κ1) is 27.4. The molecule has 2 aromatic carbocycles. The zero-order chi connectivity index (χ0) is 24.7. The second-order valence-electron chi connectivity index (χ2n) is 9.48. The number of aryl methyl sites for hydroxylation is 2. The number of aliphatic hydroxyl groups excluding tert-OH is 3. The van der Waals surface area contributed by atoms with E-state index in [9.17, 15) is 15.3 Å². The highest BCUT2D eigenvalue weighted by Gasteiger charge is 2.30. The van der Waals surface area contributed by atoms with Gasteiger partial charge in [0.05, 0.1) is 18.8 Å². The van der Waals surface area contributed by atoms with Crippen molar-refractivity contribution in [3.8, 4) is 0 Å². The van der Waals surface area contributed by atoms with Gasteiger partial charge in [0.1, 0.15) is 0 Å². The normalized spacial score (nSPS) is 17.4. The molecule has 180 valence electrons. The third-order valence-corrected chi connectivity index (χ3v) is 7.27. The Hall–Kier alpha value is -1.85. The summed E-state index contributed by atoms with van der Waals surface area (Å²) in [5, 5.41) is 29.9. The molecule has 0 aliphatic rings. The zero-order valence-electron chi connectivity index (χ0n) is 20.8. The molecule has 0 amide bonds. The second kappa shape index (κ2) is 12.6. The van der Waals surface area contributed by atoms with E-state index in [0.717, 1.165) is 16.9 Å². The van der Waals surface area contributed by atoms with Crippen molar-refractivity contribution in [1.29, 1.82) is 0 Å². The lowest BCUT2D eigenvalue weighted by molar-refractivity contribution is -0.0323. The summed E-state index contributed by atoms with van der Waals surface area (Å²) in [6.07, 6.45) is 3.29. The van der Waals surface area contributed by atoms with Gasteiger partial charge in [-0.05, 0) is 65.3 Å². The van der Waals surface area contributed by atoms with E-state index in [1.165, 1.54) is 27.8 Å². The van der Waals surface area contributed by atoms with E-state index in [2.05, 4.69) is 82.3 Å². The molecule has 0 saturated carbocycles. The molecule has 5 atom stereocenters. The lowest BCUT2D eigenvalue weighted by atomic mass is 9.79. The fourth-order valence-electron chi connectivity index (χ4n) is 4.03. The molecule has 3 nitrogen and oxygen atoms in total. The van der Waals surface area contributed by atoms with Crippen LogP contribution in [0.5, 0.6) is 0 Å². The fourth-order valence-corrected chi connectivity index (χ4v) is 4.27. The van der Waals surface area contributed by atoms with E-state index >= 15 is 0 Å². The quantitative estimate of drug-likeness (QED) is 0.261. The van der Waals surface area contributed by atoms with Crippen LogP contribution in [-0.4, -0.2) is 34.1 Å². The Balaban J connectivity index is 2.16. The van der Waals surface area contributed by atoms with Crippen LogP contribution >= 0.6 is 12.6 Å². The Morgan fingerprint density at radius 2 is 1.58 bits per heavy atom. The van der Waals surface area contributed by atoms with Crippen molar-refractivity contribution in [3.05, 3.63) is 87.3 Å². The standard InChI is InChI=1S/C29H40O3S/c1-18-7-11-24(12-8-18)19(2)10-14-27(33)16-26-15-25(13-9-20(26)3)21(4)22(5)29(32)23(6)28(31)17-30/h7-15,21-23,28-33H,16-17H2,1-6H3/b19-10+,27-14-/t21-,22+,23-,28-,29-/m1/s1. The van der Waals surface area contributed by atoms with E-state index in [1.54, 1.807) is 6.92 Å². The molecule has 0 aromatic heterocycles. The lowest BCUT2D eigenvalue weighted by Gasteiger charge is -2.31. The summed E-state index contributed by atoms with van der Waals surface area (Å²) in [5.74, 6) is -0.362. The Morgan fingerprint density at radius 1 is 0.939 bits per heavy atom. The van der Waals surface area contributed by atoms with Crippen LogP contribution < -0.4 is 0 Å². The van der Waals surface area contributed by atoms with Crippen LogP contribution in [0, 0.1) is 25.7 Å². The monoisotopic (exact) mass is 468 g/mol. The van der Waals surface area contributed by atoms with E-state index in [0.29, 0.717) is 0 Å². The highest BCUT2D eigenvalue weighted by Crippen LogP contribution is 2.32. The summed E-state index contributed by atoms with van der Waals surface area (Å²) < 4.78 is 0. The van der Waals surface area contributed by atoms with Crippen LogP contribution in [0.15, 0.2) is 59.5 Å². The molecule has 0 saturated heterocycles. The van der Waals surface area contributed by atoms with Crippen molar-refractivity contribution in [2.75, 3.05) is 6.61 Å². The first-order valence-corrected chi connectivity index (χ1v) is 12.2. The molecular formula is C29H40O3S. The number of hydrogen-bond donors (Lipinski definition) is 4. The molecule has 0 fully saturated rings. The molecule has 0 aliphatic carbocycles. The highest BCUT2D eigenvalue weighted by molar-refractivity contribution is 7.84. The van der Waals surface area contributed by atoms with Gasteiger partial charge in [-0.25, -0.2) is 0 Å². The van der Waals surface area contributed by atoms with E-state index in [-0.39, 0.29) is 18.4 Å². The molecule has 0 bridgehead atoms. The maximum atomic E-state index is 10.7. The molecule has 0 radical (unpaired) electrons. The van der Waals surface area contributed by atoms with E-state index < -0.39 is 18.1 Å². The molecule has 2 aromatic rings. The topological polar surface area (TPSA) is 60.7 Å². The van der Waals surface area contributed by atoms with E-state index in [4.69, 9.17) is 12.6 Å².